The molecule has 2 aromatic heterocycles. The highest BCUT2D eigenvalue weighted by Gasteiger charge is 2.44. The lowest BCUT2D eigenvalue weighted by molar-refractivity contribution is -0.139. The van der Waals surface area contributed by atoms with Crippen molar-refractivity contribution in [1.29, 1.82) is 0 Å². The van der Waals surface area contributed by atoms with Gasteiger partial charge in [-0.25, -0.2) is 0 Å². The van der Waals surface area contributed by atoms with E-state index in [1.807, 2.05) is 31.3 Å². The van der Waals surface area contributed by atoms with Gasteiger partial charge in [-0.2, -0.15) is 10.2 Å². The Morgan fingerprint density at radius 2 is 2.15 bits per heavy atom. The number of carbonyl (C=O) groups is 2. The van der Waals surface area contributed by atoms with Crippen LogP contribution in [0.1, 0.15) is 53.3 Å². The smallest absolute Gasteiger partial charge is 0.254 e. The van der Waals surface area contributed by atoms with Crippen molar-refractivity contribution in [1.82, 2.24) is 30.2 Å². The number of hydrogen-bond donors (Lipinski definition) is 2. The molecule has 1 saturated heterocycles. The number of aromatic amines is 1. The van der Waals surface area contributed by atoms with Crippen LogP contribution in [-0.4, -0.2) is 49.3 Å². The summed E-state index contributed by atoms with van der Waals surface area (Å²) >= 11 is 0. The summed E-state index contributed by atoms with van der Waals surface area (Å²) < 4.78 is 1.77. The maximum absolute atomic E-state index is 12.6. The Morgan fingerprint density at radius 3 is 2.77 bits per heavy atom. The molecule has 0 bridgehead atoms. The first-order valence-electron chi connectivity index (χ1n) is 9.12. The average Bonchev–Trinajstić information content (AvgIpc) is 3.22. The quantitative estimate of drug-likeness (QED) is 0.845. The van der Waals surface area contributed by atoms with Crippen LogP contribution in [0.25, 0.3) is 0 Å². The molecular formula is C18H24N6O2. The first kappa shape index (κ1) is 16.8. The van der Waals surface area contributed by atoms with Crippen molar-refractivity contribution in [3.05, 3.63) is 35.4 Å². The van der Waals surface area contributed by atoms with Gasteiger partial charge in [0.25, 0.3) is 5.91 Å². The number of aromatic nitrogens is 4. The molecule has 4 rings (SSSR count). The lowest BCUT2D eigenvalue weighted by Gasteiger charge is -2.41. The molecule has 1 aliphatic carbocycles. The molecule has 0 spiro atoms. The summed E-state index contributed by atoms with van der Waals surface area (Å²) in [6.45, 7) is 2.36. The van der Waals surface area contributed by atoms with E-state index in [0.29, 0.717) is 24.6 Å². The van der Waals surface area contributed by atoms with Crippen LogP contribution in [0, 0.1) is 12.8 Å². The van der Waals surface area contributed by atoms with Crippen LogP contribution in [0.5, 0.6) is 0 Å². The Bertz CT molecular complexity index is 821. The van der Waals surface area contributed by atoms with Gasteiger partial charge in [0.05, 0.1) is 24.0 Å². The molecule has 2 atom stereocenters. The van der Waals surface area contributed by atoms with E-state index in [1.54, 1.807) is 10.9 Å². The van der Waals surface area contributed by atoms with E-state index in [-0.39, 0.29) is 23.8 Å². The van der Waals surface area contributed by atoms with Crippen molar-refractivity contribution >= 4 is 11.8 Å². The highest BCUT2D eigenvalue weighted by atomic mass is 16.2. The molecule has 138 valence electrons. The van der Waals surface area contributed by atoms with E-state index < -0.39 is 0 Å². The molecule has 26 heavy (non-hydrogen) atoms. The summed E-state index contributed by atoms with van der Waals surface area (Å²) in [5, 5.41) is 14.0. The van der Waals surface area contributed by atoms with Gasteiger partial charge in [-0.3, -0.25) is 19.4 Å². The summed E-state index contributed by atoms with van der Waals surface area (Å²) in [4.78, 5) is 27.1. The van der Waals surface area contributed by atoms with Gasteiger partial charge < -0.3 is 10.2 Å². The van der Waals surface area contributed by atoms with Crippen LogP contribution in [0.15, 0.2) is 18.6 Å². The summed E-state index contributed by atoms with van der Waals surface area (Å²) in [7, 11) is 1.88. The summed E-state index contributed by atoms with van der Waals surface area (Å²) in [6, 6.07) is 0.311. The van der Waals surface area contributed by atoms with Gasteiger partial charge in [0, 0.05) is 49.4 Å². The number of likely N-dealkylation sites (tertiary alicyclic amines) is 1. The van der Waals surface area contributed by atoms with E-state index in [0.717, 1.165) is 30.5 Å². The molecule has 1 aliphatic heterocycles. The van der Waals surface area contributed by atoms with E-state index in [4.69, 9.17) is 0 Å². The van der Waals surface area contributed by atoms with E-state index >= 15 is 0 Å². The second-order valence-corrected chi connectivity index (χ2v) is 7.34. The van der Waals surface area contributed by atoms with Gasteiger partial charge in [-0.05, 0) is 26.2 Å². The van der Waals surface area contributed by atoms with E-state index in [9.17, 15) is 9.59 Å². The lowest BCUT2D eigenvalue weighted by atomic mass is 9.85. The van der Waals surface area contributed by atoms with E-state index in [2.05, 4.69) is 20.6 Å². The minimum Gasteiger partial charge on any atom is -0.352 e. The number of carbonyl (C=O) groups excluding carboxylic acids is 2. The molecule has 2 fully saturated rings. The van der Waals surface area contributed by atoms with Crippen LogP contribution in [-0.2, 0) is 11.8 Å². The van der Waals surface area contributed by atoms with Gasteiger partial charge in [0.2, 0.25) is 5.91 Å². The molecule has 0 unspecified atom stereocenters. The summed E-state index contributed by atoms with van der Waals surface area (Å²) in [5.41, 5.74) is 2.37. The molecule has 3 heterocycles. The third kappa shape index (κ3) is 3.11. The van der Waals surface area contributed by atoms with Crippen LogP contribution >= 0.6 is 0 Å². The third-order valence-corrected chi connectivity index (χ3v) is 5.37. The molecule has 1 saturated carbocycles. The van der Waals surface area contributed by atoms with Gasteiger partial charge in [0.1, 0.15) is 0 Å². The zero-order valence-corrected chi connectivity index (χ0v) is 15.1. The Kier molecular flexibility index (Phi) is 4.26. The van der Waals surface area contributed by atoms with Crippen molar-refractivity contribution in [2.75, 3.05) is 6.54 Å². The Hall–Kier alpha value is -2.64. The monoisotopic (exact) mass is 356 g/mol. The Balaban J connectivity index is 1.54. The number of piperidine rings is 1. The molecule has 8 nitrogen and oxygen atoms in total. The Labute approximate surface area is 151 Å². The van der Waals surface area contributed by atoms with Crippen LogP contribution in [0.2, 0.25) is 0 Å². The molecule has 2 amide bonds. The largest absolute Gasteiger partial charge is 0.352 e. The topological polar surface area (TPSA) is 95.9 Å². The second kappa shape index (κ2) is 6.59. The molecule has 0 radical (unpaired) electrons. The fourth-order valence-corrected chi connectivity index (χ4v) is 3.90. The van der Waals surface area contributed by atoms with Gasteiger partial charge in [-0.1, -0.05) is 0 Å². The number of nitrogens with one attached hydrogen (secondary N) is 2. The molecule has 8 heteroatoms. The summed E-state index contributed by atoms with van der Waals surface area (Å²) in [5.74, 6) is 0.263. The first-order chi connectivity index (χ1) is 12.5. The van der Waals surface area contributed by atoms with Crippen molar-refractivity contribution in [2.24, 2.45) is 13.0 Å². The maximum atomic E-state index is 12.6. The van der Waals surface area contributed by atoms with E-state index in [1.165, 1.54) is 0 Å². The third-order valence-electron chi connectivity index (χ3n) is 5.37. The summed E-state index contributed by atoms with van der Waals surface area (Å²) in [6.07, 6.45) is 8.81. The standard InChI is InChI=1S/C18H24N6O2/c1-11-15(9-20-22-11)18(26)19-7-12-3-6-16(25)24(14-4-5-14)17(12)13-8-21-23(2)10-13/h8-10,12,14,17H,3-7H2,1-2H3,(H,19,26)(H,20,22)/t12-,17+/m1/s1. The minimum absolute atomic E-state index is 0.0248. The fraction of sp³-hybridized carbons (Fsp3) is 0.556. The fourth-order valence-electron chi connectivity index (χ4n) is 3.90. The van der Waals surface area contributed by atoms with Crippen molar-refractivity contribution in [3.8, 4) is 0 Å². The Morgan fingerprint density at radius 1 is 1.35 bits per heavy atom. The zero-order chi connectivity index (χ0) is 18.3. The van der Waals surface area contributed by atoms with Crippen molar-refractivity contribution < 1.29 is 9.59 Å². The molecule has 2 aromatic rings. The van der Waals surface area contributed by atoms with Gasteiger partial charge in [-0.15, -0.1) is 0 Å². The number of hydrogen-bond acceptors (Lipinski definition) is 4. The molecule has 0 aromatic carbocycles. The number of aryl methyl sites for hydroxylation is 2. The predicted molar refractivity (Wildman–Crippen MR) is 94.2 cm³/mol. The maximum Gasteiger partial charge on any atom is 0.254 e. The number of nitrogens with zero attached hydrogens (tertiary/aromatic N) is 4. The average molecular weight is 356 g/mol. The number of amides is 2. The number of rotatable bonds is 5. The highest BCUT2D eigenvalue weighted by Crippen LogP contribution is 2.43. The molecular weight excluding hydrogens is 332 g/mol. The van der Waals surface area contributed by atoms with Crippen LogP contribution in [0.3, 0.4) is 0 Å². The van der Waals surface area contributed by atoms with Crippen molar-refractivity contribution in [2.45, 2.75) is 44.7 Å². The van der Waals surface area contributed by atoms with Crippen LogP contribution < -0.4 is 5.32 Å². The SMILES string of the molecule is Cc1[nH]ncc1C(=O)NC[C@H]1CCC(=O)N(C2CC2)[C@@H]1c1cnn(C)c1. The van der Waals surface area contributed by atoms with Gasteiger partial charge in [0.15, 0.2) is 0 Å². The normalized spacial score (nSPS) is 23.3. The van der Waals surface area contributed by atoms with Gasteiger partial charge >= 0.3 is 0 Å². The minimum atomic E-state index is -0.129. The molecule has 2 aliphatic rings. The molecule has 2 N–H and O–H groups in total. The van der Waals surface area contributed by atoms with Crippen molar-refractivity contribution in [3.63, 3.8) is 0 Å². The first-order valence-corrected chi connectivity index (χ1v) is 9.12. The second-order valence-electron chi connectivity index (χ2n) is 7.34. The highest BCUT2D eigenvalue weighted by molar-refractivity contribution is 5.94. The zero-order valence-electron chi connectivity index (χ0n) is 15.1. The number of H-pyrrole nitrogens is 1. The predicted octanol–water partition coefficient (Wildman–Crippen LogP) is 1.32. The van der Waals surface area contributed by atoms with Crippen LogP contribution in [0.4, 0.5) is 0 Å². The lowest BCUT2D eigenvalue weighted by Crippen LogP contribution is -2.47.